The predicted molar refractivity (Wildman–Crippen MR) is 161 cm³/mol. The number of anilines is 1. The molecule has 1 aliphatic rings. The van der Waals surface area contributed by atoms with Gasteiger partial charge in [-0.2, -0.15) is 0 Å². The molecule has 0 radical (unpaired) electrons. The molecule has 1 saturated heterocycles. The summed E-state index contributed by atoms with van der Waals surface area (Å²) in [5.74, 6) is -0.596. The smallest absolute Gasteiger partial charge is 0.335 e. The third-order valence-corrected chi connectivity index (χ3v) is 7.25. The molecule has 1 N–H and O–H groups in total. The molecular formula is C31H21BrCl2N2O5. The number of imide groups is 2. The quantitative estimate of drug-likeness (QED) is 0.157. The van der Waals surface area contributed by atoms with Gasteiger partial charge in [-0.15, -0.1) is 0 Å². The lowest BCUT2D eigenvalue weighted by atomic mass is 10.1. The zero-order valence-corrected chi connectivity index (χ0v) is 24.4. The van der Waals surface area contributed by atoms with Crippen molar-refractivity contribution in [2.45, 2.75) is 13.2 Å². The van der Waals surface area contributed by atoms with Crippen molar-refractivity contribution in [3.8, 4) is 11.5 Å². The van der Waals surface area contributed by atoms with Gasteiger partial charge in [-0.05, 0) is 66.2 Å². The van der Waals surface area contributed by atoms with Gasteiger partial charge in [0.2, 0.25) is 0 Å². The van der Waals surface area contributed by atoms with Crippen molar-refractivity contribution in [3.05, 3.63) is 128 Å². The second-order valence-corrected chi connectivity index (χ2v) is 10.7. The number of hydrogen-bond donors (Lipinski definition) is 1. The van der Waals surface area contributed by atoms with Crippen molar-refractivity contribution in [2.75, 3.05) is 4.90 Å². The molecule has 0 aliphatic carbocycles. The summed E-state index contributed by atoms with van der Waals surface area (Å²) < 4.78 is 12.7. The number of benzene rings is 4. The van der Waals surface area contributed by atoms with Crippen molar-refractivity contribution in [1.82, 2.24) is 5.32 Å². The van der Waals surface area contributed by atoms with Gasteiger partial charge in [-0.25, -0.2) is 9.69 Å². The Kier molecular flexibility index (Phi) is 8.73. The van der Waals surface area contributed by atoms with E-state index in [2.05, 4.69) is 21.2 Å². The minimum Gasteiger partial charge on any atom is -0.489 e. The number of amides is 4. The fourth-order valence-corrected chi connectivity index (χ4v) is 4.74. The lowest BCUT2D eigenvalue weighted by molar-refractivity contribution is -0.122. The lowest BCUT2D eigenvalue weighted by Crippen LogP contribution is -2.54. The summed E-state index contributed by atoms with van der Waals surface area (Å²) in [6.45, 7) is 0.486. The van der Waals surface area contributed by atoms with Gasteiger partial charge in [0.1, 0.15) is 30.3 Å². The van der Waals surface area contributed by atoms with Crippen LogP contribution in [0.1, 0.15) is 16.7 Å². The molecule has 0 unspecified atom stereocenters. The molecule has 0 atom stereocenters. The van der Waals surface area contributed by atoms with E-state index in [9.17, 15) is 14.4 Å². The molecule has 1 heterocycles. The number of ether oxygens (including phenoxy) is 2. The van der Waals surface area contributed by atoms with Gasteiger partial charge < -0.3 is 9.47 Å². The number of carbonyl (C=O) groups excluding carboxylic acids is 3. The number of carbonyl (C=O) groups is 3. The first-order chi connectivity index (χ1) is 19.8. The molecule has 4 aromatic rings. The normalized spacial score (nSPS) is 14.3. The molecule has 0 bridgehead atoms. The SMILES string of the molecule is O=C1NC(=O)N(c2ccc(OCc3ccc(Br)cc3)cc2)C(=O)/C1=C/c1ccccc1OCc1ccc(Cl)cc1Cl. The Labute approximate surface area is 254 Å². The molecule has 1 aliphatic heterocycles. The van der Waals surface area contributed by atoms with Gasteiger partial charge in [0.05, 0.1) is 5.69 Å². The van der Waals surface area contributed by atoms with E-state index >= 15 is 0 Å². The number of hydrogen-bond acceptors (Lipinski definition) is 5. The lowest BCUT2D eigenvalue weighted by Gasteiger charge is -2.26. The van der Waals surface area contributed by atoms with Crippen molar-refractivity contribution in [1.29, 1.82) is 0 Å². The molecule has 206 valence electrons. The van der Waals surface area contributed by atoms with Crippen LogP contribution in [0.3, 0.4) is 0 Å². The molecule has 10 heteroatoms. The Bertz CT molecular complexity index is 1660. The summed E-state index contributed by atoms with van der Waals surface area (Å²) in [5, 5.41) is 3.20. The van der Waals surface area contributed by atoms with Crippen LogP contribution in [0, 0.1) is 0 Å². The number of barbiturate groups is 1. The summed E-state index contributed by atoms with van der Waals surface area (Å²) in [7, 11) is 0. The zero-order valence-electron chi connectivity index (χ0n) is 21.3. The van der Waals surface area contributed by atoms with Gasteiger partial charge in [-0.3, -0.25) is 14.9 Å². The van der Waals surface area contributed by atoms with Gasteiger partial charge in [0.25, 0.3) is 11.8 Å². The van der Waals surface area contributed by atoms with Crippen LogP contribution in [0.2, 0.25) is 10.0 Å². The first-order valence-electron chi connectivity index (χ1n) is 12.3. The van der Waals surface area contributed by atoms with E-state index < -0.39 is 17.8 Å². The van der Waals surface area contributed by atoms with Crippen LogP contribution in [-0.2, 0) is 22.8 Å². The molecule has 4 amide bonds. The fourth-order valence-electron chi connectivity index (χ4n) is 4.01. The van der Waals surface area contributed by atoms with Crippen molar-refractivity contribution >= 4 is 68.7 Å². The van der Waals surface area contributed by atoms with Crippen LogP contribution in [0.15, 0.2) is 101 Å². The second kappa shape index (κ2) is 12.6. The highest BCUT2D eigenvalue weighted by Gasteiger charge is 2.37. The highest BCUT2D eigenvalue weighted by atomic mass is 79.9. The standard InChI is InChI=1S/C31H21BrCl2N2O5/c32-22-8-5-19(6-9-22)17-40-25-13-11-24(12-14-25)36-30(38)26(29(37)35-31(36)39)15-20-3-1-2-4-28(20)41-18-21-7-10-23(33)16-27(21)34/h1-16H,17-18H2,(H,35,37,39)/b26-15+. The predicted octanol–water partition coefficient (Wildman–Crippen LogP) is 7.58. The number of urea groups is 1. The Morgan fingerprint density at radius 3 is 2.29 bits per heavy atom. The average Bonchev–Trinajstić information content (AvgIpc) is 2.95. The maximum absolute atomic E-state index is 13.4. The fraction of sp³-hybridized carbons (Fsp3) is 0.0645. The molecule has 7 nitrogen and oxygen atoms in total. The van der Waals surface area contributed by atoms with E-state index in [1.54, 1.807) is 66.7 Å². The minimum atomic E-state index is -0.845. The first-order valence-corrected chi connectivity index (χ1v) is 13.9. The Morgan fingerprint density at radius 2 is 1.56 bits per heavy atom. The number of rotatable bonds is 8. The van der Waals surface area contributed by atoms with Crippen LogP contribution >= 0.6 is 39.1 Å². The maximum Gasteiger partial charge on any atom is 0.335 e. The second-order valence-electron chi connectivity index (χ2n) is 8.93. The molecule has 0 aromatic heterocycles. The molecule has 1 fully saturated rings. The third kappa shape index (κ3) is 6.79. The largest absolute Gasteiger partial charge is 0.489 e. The van der Waals surface area contributed by atoms with Crippen LogP contribution < -0.4 is 19.7 Å². The Hall–Kier alpha value is -4.11. The van der Waals surface area contributed by atoms with Gasteiger partial charge >= 0.3 is 6.03 Å². The molecular weight excluding hydrogens is 631 g/mol. The molecule has 41 heavy (non-hydrogen) atoms. The van der Waals surface area contributed by atoms with E-state index in [4.69, 9.17) is 32.7 Å². The monoisotopic (exact) mass is 650 g/mol. The van der Waals surface area contributed by atoms with Crippen LogP contribution in [0.4, 0.5) is 10.5 Å². The Balaban J connectivity index is 1.33. The van der Waals surface area contributed by atoms with Crippen LogP contribution in [0.5, 0.6) is 11.5 Å². The number of nitrogens with one attached hydrogen (secondary N) is 1. The first kappa shape index (κ1) is 28.4. The topological polar surface area (TPSA) is 84.9 Å². The summed E-state index contributed by atoms with van der Waals surface area (Å²) >= 11 is 15.6. The van der Waals surface area contributed by atoms with E-state index in [1.165, 1.54) is 6.08 Å². The molecule has 5 rings (SSSR count). The van der Waals surface area contributed by atoms with Gasteiger partial charge in [0.15, 0.2) is 0 Å². The van der Waals surface area contributed by atoms with Gasteiger partial charge in [-0.1, -0.05) is 75.5 Å². The minimum absolute atomic E-state index is 0.136. The van der Waals surface area contributed by atoms with E-state index in [-0.39, 0.29) is 17.9 Å². The zero-order chi connectivity index (χ0) is 28.9. The number of halogens is 3. The van der Waals surface area contributed by atoms with Crippen LogP contribution in [0.25, 0.3) is 6.08 Å². The van der Waals surface area contributed by atoms with E-state index in [0.717, 1.165) is 14.9 Å². The summed E-state index contributed by atoms with van der Waals surface area (Å²) in [6, 6.07) is 25.3. The van der Waals surface area contributed by atoms with Crippen LogP contribution in [-0.4, -0.2) is 17.8 Å². The number of nitrogens with zero attached hydrogens (tertiary/aromatic N) is 1. The molecule has 0 spiro atoms. The van der Waals surface area contributed by atoms with Crippen molar-refractivity contribution in [3.63, 3.8) is 0 Å². The van der Waals surface area contributed by atoms with Crippen molar-refractivity contribution < 1.29 is 23.9 Å². The summed E-state index contributed by atoms with van der Waals surface area (Å²) in [5.41, 5.74) is 2.23. The molecule has 0 saturated carbocycles. The summed E-state index contributed by atoms with van der Waals surface area (Å²) in [6.07, 6.45) is 1.39. The Morgan fingerprint density at radius 1 is 0.829 bits per heavy atom. The summed E-state index contributed by atoms with van der Waals surface area (Å²) in [4.78, 5) is 39.7. The average molecular weight is 652 g/mol. The maximum atomic E-state index is 13.4. The van der Waals surface area contributed by atoms with E-state index in [1.807, 2.05) is 24.3 Å². The highest BCUT2D eigenvalue weighted by Crippen LogP contribution is 2.28. The van der Waals surface area contributed by atoms with Crippen molar-refractivity contribution in [2.24, 2.45) is 0 Å². The van der Waals surface area contributed by atoms with Gasteiger partial charge in [0, 0.05) is 25.6 Å². The highest BCUT2D eigenvalue weighted by molar-refractivity contribution is 9.10. The van der Waals surface area contributed by atoms with E-state index in [0.29, 0.717) is 39.3 Å². The third-order valence-electron chi connectivity index (χ3n) is 6.13. The molecule has 4 aromatic carbocycles. The number of para-hydroxylation sites is 1.